The van der Waals surface area contributed by atoms with Crippen LogP contribution in [0.4, 0.5) is 5.82 Å². The molecule has 3 heterocycles. The SMILES string of the molecule is CC1NCCCC1C(=O)NC1CCN(c2ccccn2)C1. The normalized spacial score (nSPS) is 29.4. The highest BCUT2D eigenvalue weighted by atomic mass is 16.2. The largest absolute Gasteiger partial charge is 0.354 e. The minimum atomic E-state index is 0.114. The van der Waals surface area contributed by atoms with Crippen molar-refractivity contribution in [3.05, 3.63) is 24.4 Å². The summed E-state index contributed by atoms with van der Waals surface area (Å²) in [4.78, 5) is 19.0. The maximum absolute atomic E-state index is 12.4. The van der Waals surface area contributed by atoms with Gasteiger partial charge in [-0.25, -0.2) is 4.98 Å². The van der Waals surface area contributed by atoms with E-state index in [2.05, 4.69) is 27.4 Å². The first-order chi connectivity index (χ1) is 10.2. The van der Waals surface area contributed by atoms with Crippen LogP contribution in [0.15, 0.2) is 24.4 Å². The Morgan fingerprint density at radius 1 is 1.43 bits per heavy atom. The van der Waals surface area contributed by atoms with Crippen LogP contribution in [0.2, 0.25) is 0 Å². The van der Waals surface area contributed by atoms with Crippen LogP contribution in [0.25, 0.3) is 0 Å². The van der Waals surface area contributed by atoms with Gasteiger partial charge in [0.2, 0.25) is 5.91 Å². The molecule has 0 radical (unpaired) electrons. The summed E-state index contributed by atoms with van der Waals surface area (Å²) < 4.78 is 0. The zero-order chi connectivity index (χ0) is 14.7. The molecule has 0 saturated carbocycles. The van der Waals surface area contributed by atoms with Crippen LogP contribution in [0, 0.1) is 5.92 Å². The molecule has 3 rings (SSSR count). The molecule has 2 fully saturated rings. The Hall–Kier alpha value is -1.62. The number of nitrogens with zero attached hydrogens (tertiary/aromatic N) is 2. The lowest BCUT2D eigenvalue weighted by atomic mass is 9.91. The van der Waals surface area contributed by atoms with Gasteiger partial charge in [0.1, 0.15) is 5.82 Å². The number of amides is 1. The molecule has 0 aliphatic carbocycles. The second-order valence-corrected chi connectivity index (χ2v) is 6.12. The average Bonchev–Trinajstić information content (AvgIpc) is 2.97. The third-order valence-electron chi connectivity index (χ3n) is 4.61. The van der Waals surface area contributed by atoms with Crippen molar-refractivity contribution in [2.24, 2.45) is 5.92 Å². The second-order valence-electron chi connectivity index (χ2n) is 6.12. The van der Waals surface area contributed by atoms with Crippen LogP contribution in [0.5, 0.6) is 0 Å². The van der Waals surface area contributed by atoms with Gasteiger partial charge in [-0.05, 0) is 44.9 Å². The molecule has 0 bridgehead atoms. The number of aromatic nitrogens is 1. The Morgan fingerprint density at radius 3 is 3.10 bits per heavy atom. The molecule has 1 aromatic rings. The van der Waals surface area contributed by atoms with Gasteiger partial charge >= 0.3 is 0 Å². The first-order valence-corrected chi connectivity index (χ1v) is 7.94. The van der Waals surface area contributed by atoms with Crippen LogP contribution in [-0.4, -0.2) is 42.6 Å². The van der Waals surface area contributed by atoms with Gasteiger partial charge in [-0.3, -0.25) is 4.79 Å². The van der Waals surface area contributed by atoms with Gasteiger partial charge in [-0.1, -0.05) is 6.07 Å². The molecule has 1 aromatic heterocycles. The summed E-state index contributed by atoms with van der Waals surface area (Å²) in [7, 11) is 0. The summed E-state index contributed by atoms with van der Waals surface area (Å²) in [5.41, 5.74) is 0. The summed E-state index contributed by atoms with van der Waals surface area (Å²) in [5.74, 6) is 1.33. The highest BCUT2D eigenvalue weighted by molar-refractivity contribution is 5.80. The number of piperidine rings is 1. The van der Waals surface area contributed by atoms with Crippen molar-refractivity contribution in [3.8, 4) is 0 Å². The minimum absolute atomic E-state index is 0.114. The van der Waals surface area contributed by atoms with E-state index in [4.69, 9.17) is 0 Å². The highest BCUT2D eigenvalue weighted by Crippen LogP contribution is 2.20. The number of hydrogen-bond donors (Lipinski definition) is 2. The minimum Gasteiger partial charge on any atom is -0.354 e. The summed E-state index contributed by atoms with van der Waals surface area (Å²) >= 11 is 0. The molecule has 3 unspecified atom stereocenters. The van der Waals surface area contributed by atoms with E-state index in [1.54, 1.807) is 0 Å². The van der Waals surface area contributed by atoms with E-state index >= 15 is 0 Å². The summed E-state index contributed by atoms with van der Waals surface area (Å²) in [6, 6.07) is 6.48. The zero-order valence-electron chi connectivity index (χ0n) is 12.6. The molecule has 2 aliphatic heterocycles. The van der Waals surface area contributed by atoms with Crippen molar-refractivity contribution in [1.29, 1.82) is 0 Å². The number of pyridine rings is 1. The van der Waals surface area contributed by atoms with Gasteiger partial charge in [0.05, 0.1) is 5.92 Å². The third-order valence-corrected chi connectivity index (χ3v) is 4.61. The van der Waals surface area contributed by atoms with Gasteiger partial charge in [-0.15, -0.1) is 0 Å². The fraction of sp³-hybridized carbons (Fsp3) is 0.625. The smallest absolute Gasteiger partial charge is 0.224 e. The Morgan fingerprint density at radius 2 is 2.33 bits per heavy atom. The predicted molar refractivity (Wildman–Crippen MR) is 83.2 cm³/mol. The molecule has 2 aliphatic rings. The first-order valence-electron chi connectivity index (χ1n) is 7.94. The lowest BCUT2D eigenvalue weighted by Crippen LogP contribution is -2.49. The number of carbonyl (C=O) groups excluding carboxylic acids is 1. The molecular weight excluding hydrogens is 264 g/mol. The van der Waals surface area contributed by atoms with Gasteiger partial charge in [0.25, 0.3) is 0 Å². The predicted octanol–water partition coefficient (Wildman–Crippen LogP) is 1.16. The molecule has 21 heavy (non-hydrogen) atoms. The Bertz CT molecular complexity index is 478. The number of anilines is 1. The molecule has 1 amide bonds. The molecule has 2 saturated heterocycles. The van der Waals surface area contributed by atoms with Gasteiger partial charge in [0.15, 0.2) is 0 Å². The van der Waals surface area contributed by atoms with Crippen LogP contribution in [-0.2, 0) is 4.79 Å². The molecule has 114 valence electrons. The molecular formula is C16H24N4O. The zero-order valence-corrected chi connectivity index (χ0v) is 12.6. The fourth-order valence-corrected chi connectivity index (χ4v) is 3.34. The Balaban J connectivity index is 1.53. The van der Waals surface area contributed by atoms with E-state index in [1.807, 2.05) is 24.4 Å². The average molecular weight is 288 g/mol. The molecule has 0 spiro atoms. The van der Waals surface area contributed by atoms with Crippen molar-refractivity contribution in [1.82, 2.24) is 15.6 Å². The van der Waals surface area contributed by atoms with Crippen LogP contribution >= 0.6 is 0 Å². The van der Waals surface area contributed by atoms with E-state index in [0.29, 0.717) is 0 Å². The maximum Gasteiger partial charge on any atom is 0.224 e. The van der Waals surface area contributed by atoms with Crippen molar-refractivity contribution >= 4 is 11.7 Å². The van der Waals surface area contributed by atoms with Crippen LogP contribution in [0.3, 0.4) is 0 Å². The number of rotatable bonds is 3. The van der Waals surface area contributed by atoms with E-state index in [9.17, 15) is 4.79 Å². The van der Waals surface area contributed by atoms with Crippen molar-refractivity contribution in [3.63, 3.8) is 0 Å². The van der Waals surface area contributed by atoms with Gasteiger partial charge in [0, 0.05) is 31.4 Å². The standard InChI is InChI=1S/C16H24N4O/c1-12-14(5-4-9-17-12)16(21)19-13-7-10-20(11-13)15-6-2-3-8-18-15/h2-3,6,8,12-14,17H,4-5,7,9-11H2,1H3,(H,19,21). The fourth-order valence-electron chi connectivity index (χ4n) is 3.34. The Kier molecular flexibility index (Phi) is 4.39. The van der Waals surface area contributed by atoms with E-state index in [-0.39, 0.29) is 23.9 Å². The van der Waals surface area contributed by atoms with Crippen molar-refractivity contribution < 1.29 is 4.79 Å². The molecule has 5 heteroatoms. The van der Waals surface area contributed by atoms with E-state index < -0.39 is 0 Å². The van der Waals surface area contributed by atoms with E-state index in [1.165, 1.54) is 0 Å². The topological polar surface area (TPSA) is 57.3 Å². The Labute approximate surface area is 126 Å². The van der Waals surface area contributed by atoms with Crippen molar-refractivity contribution in [2.75, 3.05) is 24.5 Å². The van der Waals surface area contributed by atoms with Gasteiger partial charge in [-0.2, -0.15) is 0 Å². The number of hydrogen-bond acceptors (Lipinski definition) is 4. The summed E-state index contributed by atoms with van der Waals surface area (Å²) in [6.45, 7) is 4.96. The number of carbonyl (C=O) groups is 1. The van der Waals surface area contributed by atoms with E-state index in [0.717, 1.165) is 44.7 Å². The molecule has 5 nitrogen and oxygen atoms in total. The quantitative estimate of drug-likeness (QED) is 0.876. The number of nitrogens with one attached hydrogen (secondary N) is 2. The first kappa shape index (κ1) is 14.3. The molecule has 2 N–H and O–H groups in total. The lowest BCUT2D eigenvalue weighted by Gasteiger charge is -2.30. The maximum atomic E-state index is 12.4. The summed E-state index contributed by atoms with van der Waals surface area (Å²) in [6.07, 6.45) is 4.90. The molecule has 3 atom stereocenters. The van der Waals surface area contributed by atoms with Crippen molar-refractivity contribution in [2.45, 2.75) is 38.3 Å². The van der Waals surface area contributed by atoms with Gasteiger partial charge < -0.3 is 15.5 Å². The molecule has 0 aromatic carbocycles. The van der Waals surface area contributed by atoms with Crippen LogP contribution in [0.1, 0.15) is 26.2 Å². The third kappa shape index (κ3) is 3.35. The van der Waals surface area contributed by atoms with Crippen LogP contribution < -0.4 is 15.5 Å². The monoisotopic (exact) mass is 288 g/mol. The highest BCUT2D eigenvalue weighted by Gasteiger charge is 2.31. The lowest BCUT2D eigenvalue weighted by molar-refractivity contribution is -0.127. The summed E-state index contributed by atoms with van der Waals surface area (Å²) in [5, 5.41) is 6.62. The second kappa shape index (κ2) is 6.43.